The Morgan fingerprint density at radius 3 is 2.50 bits per heavy atom. The number of imidazole rings is 1. The van der Waals surface area contributed by atoms with Crippen LogP contribution in [0.4, 0.5) is 8.78 Å². The van der Waals surface area contributed by atoms with Gasteiger partial charge in [-0.15, -0.1) is 0 Å². The molecule has 0 saturated heterocycles. The average molecular weight is 529 g/mol. The number of pyridine rings is 1. The van der Waals surface area contributed by atoms with Crippen molar-refractivity contribution in [2.24, 2.45) is 0 Å². The van der Waals surface area contributed by atoms with Gasteiger partial charge in [-0.1, -0.05) is 23.4 Å². The highest BCUT2D eigenvalue weighted by atomic mass is 35.5. The lowest BCUT2D eigenvalue weighted by atomic mass is 10.2. The van der Waals surface area contributed by atoms with Gasteiger partial charge in [0.25, 0.3) is 5.91 Å². The Labute approximate surface area is 216 Å². The maximum atomic E-state index is 14.8. The molecular formula is C26H23ClF2N4O2S. The molecule has 0 fully saturated rings. The van der Waals surface area contributed by atoms with Gasteiger partial charge in [-0.05, 0) is 61.0 Å². The first-order valence-electron chi connectivity index (χ1n) is 11.1. The molecule has 4 aromatic rings. The van der Waals surface area contributed by atoms with E-state index in [4.69, 9.17) is 16.3 Å². The zero-order chi connectivity index (χ0) is 25.7. The minimum Gasteiger partial charge on any atom is -0.494 e. The maximum absolute atomic E-state index is 14.8. The van der Waals surface area contributed by atoms with Crippen molar-refractivity contribution < 1.29 is 18.3 Å². The lowest BCUT2D eigenvalue weighted by Gasteiger charge is -2.22. The summed E-state index contributed by atoms with van der Waals surface area (Å²) in [5.74, 6) is -0.976. The normalized spacial score (nSPS) is 10.9. The van der Waals surface area contributed by atoms with Gasteiger partial charge in [0.2, 0.25) is 0 Å². The first-order chi connectivity index (χ1) is 17.4. The molecule has 0 aliphatic rings. The van der Waals surface area contributed by atoms with Crippen LogP contribution in [0, 0.1) is 11.6 Å². The van der Waals surface area contributed by atoms with E-state index in [9.17, 15) is 13.6 Å². The van der Waals surface area contributed by atoms with Crippen LogP contribution in [-0.4, -0.2) is 39.0 Å². The molecule has 36 heavy (non-hydrogen) atoms. The first kappa shape index (κ1) is 25.7. The molecule has 0 unspecified atom stereocenters. The van der Waals surface area contributed by atoms with E-state index in [0.29, 0.717) is 29.6 Å². The van der Waals surface area contributed by atoms with Crippen molar-refractivity contribution >= 4 is 29.3 Å². The third kappa shape index (κ3) is 5.52. The quantitative estimate of drug-likeness (QED) is 0.243. The third-order valence-electron chi connectivity index (χ3n) is 5.54. The van der Waals surface area contributed by atoms with Gasteiger partial charge in [0, 0.05) is 47.5 Å². The molecule has 0 bridgehead atoms. The molecule has 0 radical (unpaired) electrons. The number of methoxy groups -OCH3 is 1. The van der Waals surface area contributed by atoms with Gasteiger partial charge in [-0.3, -0.25) is 14.3 Å². The highest BCUT2D eigenvalue weighted by Gasteiger charge is 2.24. The molecular weight excluding hydrogens is 506 g/mol. The molecule has 2 aromatic heterocycles. The number of carbonyl (C=O) groups excluding carboxylic acids is 1. The molecule has 6 nitrogen and oxygen atoms in total. The Morgan fingerprint density at radius 2 is 1.83 bits per heavy atom. The minimum atomic E-state index is -0.553. The monoisotopic (exact) mass is 528 g/mol. The lowest BCUT2D eigenvalue weighted by molar-refractivity contribution is 0.0743. The molecule has 2 heterocycles. The largest absolute Gasteiger partial charge is 0.494 e. The van der Waals surface area contributed by atoms with Crippen molar-refractivity contribution in [1.29, 1.82) is 0 Å². The molecule has 4 rings (SSSR count). The zero-order valence-corrected chi connectivity index (χ0v) is 21.2. The number of rotatable bonds is 9. The topological polar surface area (TPSA) is 60.3 Å². The van der Waals surface area contributed by atoms with Gasteiger partial charge < -0.3 is 9.64 Å². The van der Waals surface area contributed by atoms with Gasteiger partial charge in [0.15, 0.2) is 16.7 Å². The average Bonchev–Trinajstić information content (AvgIpc) is 3.32. The highest BCUT2D eigenvalue weighted by Crippen LogP contribution is 2.34. The summed E-state index contributed by atoms with van der Waals surface area (Å²) in [7, 11) is 1.38. The summed E-state index contributed by atoms with van der Waals surface area (Å²) < 4.78 is 35.2. The minimum absolute atomic E-state index is 0.0856. The van der Waals surface area contributed by atoms with Crippen LogP contribution in [0.15, 0.2) is 72.3 Å². The fourth-order valence-electron chi connectivity index (χ4n) is 3.63. The van der Waals surface area contributed by atoms with E-state index in [1.165, 1.54) is 43.3 Å². The number of halogens is 3. The standard InChI is InChI=1S/C26H23ClF2N4O2S/c1-3-32(15-17-10-12-30-13-11-17)25(34)22-14-31-26(33(22)19-6-4-18(28)5-7-19)36-16-20-21(27)8-9-23(35-2)24(20)29/h4-14H,3,15-16H2,1-2H3. The second-order valence-electron chi connectivity index (χ2n) is 7.74. The molecule has 2 aromatic carbocycles. The molecule has 186 valence electrons. The van der Waals surface area contributed by atoms with Crippen LogP contribution in [0.5, 0.6) is 5.75 Å². The van der Waals surface area contributed by atoms with Crippen LogP contribution in [-0.2, 0) is 12.3 Å². The SMILES string of the molecule is CCN(Cc1ccncc1)C(=O)c1cnc(SCc2c(Cl)ccc(OC)c2F)n1-c1ccc(F)cc1. The Kier molecular flexibility index (Phi) is 8.22. The zero-order valence-electron chi connectivity index (χ0n) is 19.6. The molecule has 0 atom stereocenters. The number of hydrogen-bond acceptors (Lipinski definition) is 5. The van der Waals surface area contributed by atoms with Crippen LogP contribution >= 0.6 is 23.4 Å². The summed E-state index contributed by atoms with van der Waals surface area (Å²) in [6.07, 6.45) is 4.83. The molecule has 0 spiro atoms. The van der Waals surface area contributed by atoms with Gasteiger partial charge in [0.05, 0.1) is 13.3 Å². The second-order valence-corrected chi connectivity index (χ2v) is 9.09. The summed E-state index contributed by atoms with van der Waals surface area (Å²) in [5.41, 5.74) is 2.05. The number of aromatic nitrogens is 3. The first-order valence-corrected chi connectivity index (χ1v) is 12.4. The molecule has 0 N–H and O–H groups in total. The van der Waals surface area contributed by atoms with E-state index < -0.39 is 11.6 Å². The van der Waals surface area contributed by atoms with Crippen molar-refractivity contribution in [2.75, 3.05) is 13.7 Å². The fourth-order valence-corrected chi connectivity index (χ4v) is 4.94. The van der Waals surface area contributed by atoms with Gasteiger partial charge in [0.1, 0.15) is 11.5 Å². The van der Waals surface area contributed by atoms with Crippen LogP contribution < -0.4 is 4.74 Å². The summed E-state index contributed by atoms with van der Waals surface area (Å²) in [6.45, 7) is 2.74. The summed E-state index contributed by atoms with van der Waals surface area (Å²) >= 11 is 7.46. The maximum Gasteiger partial charge on any atom is 0.272 e. The van der Waals surface area contributed by atoms with Crippen LogP contribution in [0.2, 0.25) is 5.02 Å². The van der Waals surface area contributed by atoms with Gasteiger partial charge in [-0.25, -0.2) is 13.8 Å². The summed E-state index contributed by atoms with van der Waals surface area (Å²) in [5, 5.41) is 0.690. The number of carbonyl (C=O) groups is 1. The Morgan fingerprint density at radius 1 is 1.11 bits per heavy atom. The predicted molar refractivity (Wildman–Crippen MR) is 136 cm³/mol. The number of nitrogens with zero attached hydrogens (tertiary/aromatic N) is 4. The number of ether oxygens (including phenoxy) is 1. The predicted octanol–water partition coefficient (Wildman–Crippen LogP) is 6.16. The number of amides is 1. The van der Waals surface area contributed by atoms with Crippen molar-refractivity contribution in [1.82, 2.24) is 19.4 Å². The molecule has 1 amide bonds. The van der Waals surface area contributed by atoms with Crippen LogP contribution in [0.1, 0.15) is 28.5 Å². The highest BCUT2D eigenvalue weighted by molar-refractivity contribution is 7.98. The van der Waals surface area contributed by atoms with E-state index in [1.54, 1.807) is 40.1 Å². The van der Waals surface area contributed by atoms with Crippen molar-refractivity contribution in [2.45, 2.75) is 24.4 Å². The van der Waals surface area contributed by atoms with E-state index in [0.717, 1.165) is 5.56 Å². The van der Waals surface area contributed by atoms with E-state index in [-0.39, 0.29) is 28.0 Å². The van der Waals surface area contributed by atoms with E-state index in [2.05, 4.69) is 9.97 Å². The Balaban J connectivity index is 1.69. The molecule has 10 heteroatoms. The smallest absolute Gasteiger partial charge is 0.272 e. The van der Waals surface area contributed by atoms with Gasteiger partial charge >= 0.3 is 0 Å². The van der Waals surface area contributed by atoms with Gasteiger partial charge in [-0.2, -0.15) is 0 Å². The van der Waals surface area contributed by atoms with Crippen molar-refractivity contribution in [3.8, 4) is 11.4 Å². The van der Waals surface area contributed by atoms with Crippen molar-refractivity contribution in [3.05, 3.63) is 101 Å². The van der Waals surface area contributed by atoms with E-state index >= 15 is 0 Å². The van der Waals surface area contributed by atoms with Crippen LogP contribution in [0.3, 0.4) is 0 Å². The third-order valence-corrected chi connectivity index (χ3v) is 6.87. The Bertz CT molecular complexity index is 1350. The molecule has 0 aliphatic heterocycles. The molecule has 0 aliphatic carbocycles. The number of benzene rings is 2. The molecule has 0 saturated carbocycles. The summed E-state index contributed by atoms with van der Waals surface area (Å²) in [4.78, 5) is 23.7. The second kappa shape index (κ2) is 11.5. The number of hydrogen-bond donors (Lipinski definition) is 0. The van der Waals surface area contributed by atoms with E-state index in [1.807, 2.05) is 19.1 Å². The number of thioether (sulfide) groups is 1. The van der Waals surface area contributed by atoms with Crippen LogP contribution in [0.25, 0.3) is 5.69 Å². The Hall–Kier alpha value is -3.43. The van der Waals surface area contributed by atoms with Crippen molar-refractivity contribution in [3.63, 3.8) is 0 Å². The fraction of sp³-hybridized carbons (Fsp3) is 0.192. The lowest BCUT2D eigenvalue weighted by Crippen LogP contribution is -2.31. The summed E-state index contributed by atoms with van der Waals surface area (Å²) in [6, 6.07) is 12.5.